The summed E-state index contributed by atoms with van der Waals surface area (Å²) in [6.45, 7) is 9.98. The predicted molar refractivity (Wildman–Crippen MR) is 92.6 cm³/mol. The van der Waals surface area contributed by atoms with Crippen LogP contribution in [-0.2, 0) is 11.8 Å². The summed E-state index contributed by atoms with van der Waals surface area (Å²) in [5.74, 6) is 0.938. The molecule has 1 nitrogen and oxygen atoms in total. The predicted octanol–water partition coefficient (Wildman–Crippen LogP) is 5.07. The molecule has 21 heavy (non-hydrogen) atoms. The molecule has 1 heteroatoms. The molecule has 1 aliphatic rings. The largest absolute Gasteiger partial charge is 0.330 e. The van der Waals surface area contributed by atoms with Crippen LogP contribution in [0.15, 0.2) is 24.3 Å². The number of rotatable bonds is 4. The van der Waals surface area contributed by atoms with E-state index in [1.54, 1.807) is 0 Å². The summed E-state index contributed by atoms with van der Waals surface area (Å²) >= 11 is 0. The van der Waals surface area contributed by atoms with Gasteiger partial charge in [-0.2, -0.15) is 0 Å². The van der Waals surface area contributed by atoms with Gasteiger partial charge >= 0.3 is 0 Å². The van der Waals surface area contributed by atoms with Crippen molar-refractivity contribution in [3.63, 3.8) is 0 Å². The Labute approximate surface area is 131 Å². The molecule has 1 aliphatic carbocycles. The lowest BCUT2D eigenvalue weighted by Gasteiger charge is -2.39. The van der Waals surface area contributed by atoms with Crippen molar-refractivity contribution in [2.75, 3.05) is 6.54 Å². The molecule has 118 valence electrons. The maximum absolute atomic E-state index is 6.17. The second-order valence-electron chi connectivity index (χ2n) is 8.18. The number of hydrogen-bond acceptors (Lipinski definition) is 1. The molecule has 0 radical (unpaired) electrons. The summed E-state index contributed by atoms with van der Waals surface area (Å²) in [7, 11) is 0. The average molecular weight is 287 g/mol. The first-order valence-electron chi connectivity index (χ1n) is 8.68. The van der Waals surface area contributed by atoms with Gasteiger partial charge in [-0.25, -0.2) is 0 Å². The van der Waals surface area contributed by atoms with E-state index in [4.69, 9.17) is 5.73 Å². The normalized spacial score (nSPS) is 26.8. The van der Waals surface area contributed by atoms with Crippen LogP contribution in [0.3, 0.4) is 0 Å². The zero-order valence-corrected chi connectivity index (χ0v) is 14.4. The molecule has 2 N–H and O–H groups in total. The standard InChI is InChI=1S/C20H33N/c1-5-16-10-12-20(15-21,13-11-16)14-17-6-8-18(9-7-17)19(2,3)4/h6-9,16H,5,10-15,21H2,1-4H3. The third-order valence-electron chi connectivity index (χ3n) is 5.58. The van der Waals surface area contributed by atoms with Gasteiger partial charge in [-0.1, -0.05) is 58.4 Å². The minimum Gasteiger partial charge on any atom is -0.330 e. The van der Waals surface area contributed by atoms with Gasteiger partial charge in [0.1, 0.15) is 0 Å². The molecule has 0 amide bonds. The molecule has 0 saturated heterocycles. The Morgan fingerprint density at radius 2 is 1.67 bits per heavy atom. The minimum atomic E-state index is 0.239. The van der Waals surface area contributed by atoms with Crippen molar-refractivity contribution in [2.24, 2.45) is 17.1 Å². The number of benzene rings is 1. The van der Waals surface area contributed by atoms with E-state index in [0.29, 0.717) is 5.41 Å². The van der Waals surface area contributed by atoms with Crippen molar-refractivity contribution in [3.05, 3.63) is 35.4 Å². The highest BCUT2D eigenvalue weighted by molar-refractivity contribution is 5.28. The lowest BCUT2D eigenvalue weighted by molar-refractivity contribution is 0.153. The van der Waals surface area contributed by atoms with Crippen molar-refractivity contribution in [2.45, 2.75) is 71.6 Å². The molecule has 0 unspecified atom stereocenters. The second kappa shape index (κ2) is 6.52. The highest BCUT2D eigenvalue weighted by Gasteiger charge is 2.33. The molecule has 0 aliphatic heterocycles. The maximum Gasteiger partial charge on any atom is -0.00173 e. The molecule has 1 aromatic rings. The molecule has 1 aromatic carbocycles. The Hall–Kier alpha value is -0.820. The molecule has 1 saturated carbocycles. The third-order valence-corrected chi connectivity index (χ3v) is 5.58. The number of hydrogen-bond donors (Lipinski definition) is 1. The van der Waals surface area contributed by atoms with Crippen molar-refractivity contribution >= 4 is 0 Å². The first kappa shape index (κ1) is 16.5. The van der Waals surface area contributed by atoms with Crippen LogP contribution < -0.4 is 5.73 Å². The van der Waals surface area contributed by atoms with E-state index in [2.05, 4.69) is 52.0 Å². The van der Waals surface area contributed by atoms with Crippen LogP contribution in [0.1, 0.15) is 70.9 Å². The first-order chi connectivity index (χ1) is 9.88. The fourth-order valence-electron chi connectivity index (χ4n) is 3.71. The van der Waals surface area contributed by atoms with Gasteiger partial charge in [-0.15, -0.1) is 0 Å². The second-order valence-corrected chi connectivity index (χ2v) is 8.18. The van der Waals surface area contributed by atoms with Gasteiger partial charge in [0.05, 0.1) is 0 Å². The molecular formula is C20H33N. The van der Waals surface area contributed by atoms with Gasteiger partial charge in [0.25, 0.3) is 0 Å². The Balaban J connectivity index is 2.05. The van der Waals surface area contributed by atoms with Crippen LogP contribution in [0.4, 0.5) is 0 Å². The smallest absolute Gasteiger partial charge is 0.00173 e. The van der Waals surface area contributed by atoms with Gasteiger partial charge in [-0.05, 0) is 66.5 Å². The minimum absolute atomic E-state index is 0.239. The van der Waals surface area contributed by atoms with Gasteiger partial charge in [0.15, 0.2) is 0 Å². The first-order valence-corrected chi connectivity index (χ1v) is 8.68. The molecule has 0 bridgehead atoms. The van der Waals surface area contributed by atoms with Crippen LogP contribution >= 0.6 is 0 Å². The van der Waals surface area contributed by atoms with Crippen LogP contribution in [0, 0.1) is 11.3 Å². The van der Waals surface area contributed by atoms with Crippen molar-refractivity contribution in [3.8, 4) is 0 Å². The lowest BCUT2D eigenvalue weighted by atomic mass is 9.67. The summed E-state index contributed by atoms with van der Waals surface area (Å²) in [6, 6.07) is 9.25. The summed E-state index contributed by atoms with van der Waals surface area (Å²) in [6.07, 6.45) is 7.85. The van der Waals surface area contributed by atoms with Gasteiger partial charge in [0, 0.05) is 0 Å². The Bertz CT molecular complexity index is 430. The average Bonchev–Trinajstić information content (AvgIpc) is 2.47. The highest BCUT2D eigenvalue weighted by Crippen LogP contribution is 2.41. The van der Waals surface area contributed by atoms with E-state index >= 15 is 0 Å². The van der Waals surface area contributed by atoms with E-state index in [0.717, 1.165) is 18.9 Å². The van der Waals surface area contributed by atoms with Gasteiger partial charge in [0.2, 0.25) is 0 Å². The lowest BCUT2D eigenvalue weighted by Crippen LogP contribution is -2.36. The van der Waals surface area contributed by atoms with E-state index in [9.17, 15) is 0 Å². The topological polar surface area (TPSA) is 26.0 Å². The number of nitrogens with two attached hydrogens (primary N) is 1. The zero-order chi connectivity index (χ0) is 15.5. The van der Waals surface area contributed by atoms with E-state index < -0.39 is 0 Å². The molecule has 2 rings (SSSR count). The van der Waals surface area contributed by atoms with Crippen molar-refractivity contribution < 1.29 is 0 Å². The molecular weight excluding hydrogens is 254 g/mol. The fourth-order valence-corrected chi connectivity index (χ4v) is 3.71. The van der Waals surface area contributed by atoms with Crippen LogP contribution in [0.2, 0.25) is 0 Å². The Morgan fingerprint density at radius 3 is 2.10 bits per heavy atom. The monoisotopic (exact) mass is 287 g/mol. The Kier molecular flexibility index (Phi) is 5.14. The molecule has 0 heterocycles. The van der Waals surface area contributed by atoms with Crippen molar-refractivity contribution in [1.29, 1.82) is 0 Å². The van der Waals surface area contributed by atoms with Crippen molar-refractivity contribution in [1.82, 2.24) is 0 Å². The summed E-state index contributed by atoms with van der Waals surface area (Å²) < 4.78 is 0. The molecule has 0 atom stereocenters. The van der Waals surface area contributed by atoms with E-state index in [1.807, 2.05) is 0 Å². The molecule has 1 fully saturated rings. The molecule has 0 aromatic heterocycles. The third kappa shape index (κ3) is 4.10. The van der Waals surface area contributed by atoms with E-state index in [1.165, 1.54) is 43.2 Å². The highest BCUT2D eigenvalue weighted by atomic mass is 14.6. The van der Waals surface area contributed by atoms with E-state index in [-0.39, 0.29) is 5.41 Å². The Morgan fingerprint density at radius 1 is 1.10 bits per heavy atom. The zero-order valence-electron chi connectivity index (χ0n) is 14.4. The summed E-state index contributed by atoms with van der Waals surface area (Å²) in [5.41, 5.74) is 9.65. The van der Waals surface area contributed by atoms with Crippen LogP contribution in [0.5, 0.6) is 0 Å². The maximum atomic E-state index is 6.17. The quantitative estimate of drug-likeness (QED) is 0.822. The summed E-state index contributed by atoms with van der Waals surface area (Å²) in [4.78, 5) is 0. The van der Waals surface area contributed by atoms with Gasteiger partial charge in [-0.3, -0.25) is 0 Å². The SMILES string of the molecule is CCC1CCC(CN)(Cc2ccc(C(C)(C)C)cc2)CC1. The summed E-state index contributed by atoms with van der Waals surface area (Å²) in [5, 5.41) is 0. The molecule has 0 spiro atoms. The van der Waals surface area contributed by atoms with Gasteiger partial charge < -0.3 is 5.73 Å². The van der Waals surface area contributed by atoms with Crippen LogP contribution in [-0.4, -0.2) is 6.54 Å². The van der Waals surface area contributed by atoms with Crippen LogP contribution in [0.25, 0.3) is 0 Å². The fraction of sp³-hybridized carbons (Fsp3) is 0.700.